The number of carbonyl (C=O) groups is 2. The Morgan fingerprint density at radius 3 is 2.39 bits per heavy atom. The zero-order chi connectivity index (χ0) is 22.1. The van der Waals surface area contributed by atoms with E-state index in [2.05, 4.69) is 5.32 Å². The van der Waals surface area contributed by atoms with E-state index in [0.29, 0.717) is 27.8 Å². The summed E-state index contributed by atoms with van der Waals surface area (Å²) >= 11 is 11.2. The Balaban J connectivity index is 1.83. The number of anilines is 1. The summed E-state index contributed by atoms with van der Waals surface area (Å²) in [6, 6.07) is 15.9. The molecule has 1 heterocycles. The number of halogens is 1. The van der Waals surface area contributed by atoms with Crippen LogP contribution in [0.3, 0.4) is 0 Å². The molecule has 4 rings (SSSR count). The Morgan fingerprint density at radius 2 is 1.71 bits per heavy atom. The van der Waals surface area contributed by atoms with Gasteiger partial charge in [0, 0.05) is 16.0 Å². The number of thiocarbonyl (C=S) groups is 1. The summed E-state index contributed by atoms with van der Waals surface area (Å²) in [5, 5.41) is 4.82. The van der Waals surface area contributed by atoms with Gasteiger partial charge in [0.05, 0.1) is 19.9 Å². The third-order valence-electron chi connectivity index (χ3n) is 4.90. The summed E-state index contributed by atoms with van der Waals surface area (Å²) in [7, 11) is 3.11. The van der Waals surface area contributed by atoms with Gasteiger partial charge in [-0.2, -0.15) is 0 Å². The van der Waals surface area contributed by atoms with Gasteiger partial charge in [-0.3, -0.25) is 19.8 Å². The fraction of sp³-hybridized carbons (Fsp3) is 0.0870. The molecule has 0 aliphatic carbocycles. The average Bonchev–Trinajstić information content (AvgIpc) is 2.76. The second-order valence-corrected chi connectivity index (χ2v) is 7.53. The molecule has 0 radical (unpaired) electrons. The van der Waals surface area contributed by atoms with Crippen LogP contribution in [0.4, 0.5) is 5.69 Å². The van der Waals surface area contributed by atoms with Crippen LogP contribution in [-0.2, 0) is 9.59 Å². The first-order chi connectivity index (χ1) is 14.9. The van der Waals surface area contributed by atoms with Gasteiger partial charge in [-0.05, 0) is 66.1 Å². The highest BCUT2D eigenvalue weighted by Crippen LogP contribution is 2.33. The van der Waals surface area contributed by atoms with Crippen molar-refractivity contribution in [3.8, 4) is 11.5 Å². The number of hydrogen-bond acceptors (Lipinski definition) is 5. The molecule has 1 aliphatic rings. The molecule has 0 bridgehead atoms. The molecule has 156 valence electrons. The van der Waals surface area contributed by atoms with E-state index < -0.39 is 11.8 Å². The van der Waals surface area contributed by atoms with Gasteiger partial charge in [-0.15, -0.1) is 0 Å². The number of carbonyl (C=O) groups excluding carboxylic acids is 2. The van der Waals surface area contributed by atoms with Gasteiger partial charge in [0.2, 0.25) is 0 Å². The zero-order valence-corrected chi connectivity index (χ0v) is 18.2. The van der Waals surface area contributed by atoms with Crippen molar-refractivity contribution < 1.29 is 19.1 Å². The summed E-state index contributed by atoms with van der Waals surface area (Å²) in [4.78, 5) is 27.1. The lowest BCUT2D eigenvalue weighted by molar-refractivity contribution is -0.122. The summed E-state index contributed by atoms with van der Waals surface area (Å²) < 4.78 is 10.9. The summed E-state index contributed by atoms with van der Waals surface area (Å²) in [6.45, 7) is 0. The van der Waals surface area contributed by atoms with Gasteiger partial charge >= 0.3 is 0 Å². The minimum Gasteiger partial charge on any atom is -0.496 e. The number of ether oxygens (including phenoxy) is 2. The lowest BCUT2D eigenvalue weighted by atomic mass is 10.0. The third-order valence-corrected chi connectivity index (χ3v) is 5.43. The Morgan fingerprint density at radius 1 is 1.00 bits per heavy atom. The Labute approximate surface area is 189 Å². The topological polar surface area (TPSA) is 67.9 Å². The molecule has 3 aromatic carbocycles. The largest absolute Gasteiger partial charge is 0.496 e. The van der Waals surface area contributed by atoms with Gasteiger partial charge in [0.1, 0.15) is 17.1 Å². The highest BCUT2D eigenvalue weighted by Gasteiger charge is 2.34. The van der Waals surface area contributed by atoms with E-state index in [1.54, 1.807) is 31.4 Å². The number of amides is 2. The van der Waals surface area contributed by atoms with E-state index in [0.717, 1.165) is 10.8 Å². The summed E-state index contributed by atoms with van der Waals surface area (Å²) in [6.07, 6.45) is 1.49. The molecule has 0 spiro atoms. The van der Waals surface area contributed by atoms with E-state index in [-0.39, 0.29) is 10.7 Å². The molecule has 0 saturated carbocycles. The predicted molar refractivity (Wildman–Crippen MR) is 125 cm³/mol. The van der Waals surface area contributed by atoms with E-state index in [4.69, 9.17) is 33.3 Å². The number of nitrogens with one attached hydrogen (secondary N) is 1. The second kappa shape index (κ2) is 8.37. The van der Waals surface area contributed by atoms with Crippen molar-refractivity contribution in [2.45, 2.75) is 0 Å². The smallest absolute Gasteiger partial charge is 0.270 e. The monoisotopic (exact) mass is 452 g/mol. The summed E-state index contributed by atoms with van der Waals surface area (Å²) in [5.41, 5.74) is 0.982. The molecule has 1 N–H and O–H groups in total. The van der Waals surface area contributed by atoms with Gasteiger partial charge in [0.15, 0.2) is 5.11 Å². The molecule has 1 saturated heterocycles. The Bertz CT molecular complexity index is 1250. The number of nitrogens with zero attached hydrogens (tertiary/aromatic N) is 1. The van der Waals surface area contributed by atoms with Crippen molar-refractivity contribution in [1.82, 2.24) is 5.32 Å². The molecule has 1 aliphatic heterocycles. The SMILES string of the molecule is COc1cc2cccc(OC)c2cc1/C=C1/C(=O)NC(=S)N(c2ccc(Cl)cc2)C1=O. The van der Waals surface area contributed by atoms with Crippen molar-refractivity contribution in [3.63, 3.8) is 0 Å². The molecule has 6 nitrogen and oxygen atoms in total. The van der Waals surface area contributed by atoms with Crippen molar-refractivity contribution in [3.05, 3.63) is 70.8 Å². The van der Waals surface area contributed by atoms with Crippen LogP contribution in [0.2, 0.25) is 5.02 Å². The van der Waals surface area contributed by atoms with Crippen LogP contribution < -0.4 is 19.7 Å². The first-order valence-corrected chi connectivity index (χ1v) is 10.0. The zero-order valence-electron chi connectivity index (χ0n) is 16.6. The number of hydrogen-bond donors (Lipinski definition) is 1. The Hall–Kier alpha value is -3.42. The molecule has 0 atom stereocenters. The van der Waals surface area contributed by atoms with Gasteiger partial charge in [-0.25, -0.2) is 0 Å². The fourth-order valence-electron chi connectivity index (χ4n) is 3.40. The Kier molecular flexibility index (Phi) is 5.63. The maximum atomic E-state index is 13.2. The summed E-state index contributed by atoms with van der Waals surface area (Å²) in [5.74, 6) is 0.0591. The fourth-order valence-corrected chi connectivity index (χ4v) is 3.80. The molecule has 31 heavy (non-hydrogen) atoms. The molecule has 1 fully saturated rings. The highest BCUT2D eigenvalue weighted by atomic mass is 35.5. The van der Waals surface area contributed by atoms with E-state index in [1.165, 1.54) is 18.1 Å². The van der Waals surface area contributed by atoms with Crippen molar-refractivity contribution in [2.24, 2.45) is 0 Å². The minimum absolute atomic E-state index is 0.00150. The maximum absolute atomic E-state index is 13.2. The van der Waals surface area contributed by atoms with E-state index >= 15 is 0 Å². The lowest BCUT2D eigenvalue weighted by Gasteiger charge is -2.29. The van der Waals surface area contributed by atoms with Crippen molar-refractivity contribution in [1.29, 1.82) is 0 Å². The van der Waals surface area contributed by atoms with Crippen LogP contribution in [0.15, 0.2) is 60.2 Å². The lowest BCUT2D eigenvalue weighted by Crippen LogP contribution is -2.54. The maximum Gasteiger partial charge on any atom is 0.270 e. The molecule has 2 amide bonds. The molecule has 3 aromatic rings. The minimum atomic E-state index is -0.581. The number of fused-ring (bicyclic) bond motifs is 1. The van der Waals surface area contributed by atoms with E-state index in [9.17, 15) is 9.59 Å². The van der Waals surface area contributed by atoms with Crippen LogP contribution in [0.25, 0.3) is 16.8 Å². The van der Waals surface area contributed by atoms with Gasteiger partial charge < -0.3 is 9.47 Å². The van der Waals surface area contributed by atoms with Crippen molar-refractivity contribution in [2.75, 3.05) is 19.1 Å². The molecule has 8 heteroatoms. The molecular weight excluding hydrogens is 436 g/mol. The third kappa shape index (κ3) is 3.85. The number of methoxy groups -OCH3 is 2. The van der Waals surface area contributed by atoms with Crippen LogP contribution in [-0.4, -0.2) is 31.1 Å². The normalized spacial score (nSPS) is 15.4. The van der Waals surface area contributed by atoms with Crippen LogP contribution in [0.1, 0.15) is 5.56 Å². The quantitative estimate of drug-likeness (QED) is 0.362. The predicted octanol–water partition coefficient (Wildman–Crippen LogP) is 4.34. The van der Waals surface area contributed by atoms with Crippen LogP contribution in [0, 0.1) is 0 Å². The van der Waals surface area contributed by atoms with Gasteiger partial charge in [-0.1, -0.05) is 23.7 Å². The second-order valence-electron chi connectivity index (χ2n) is 6.71. The first-order valence-electron chi connectivity index (χ1n) is 9.24. The number of benzene rings is 3. The molecule has 0 unspecified atom stereocenters. The highest BCUT2D eigenvalue weighted by molar-refractivity contribution is 7.80. The average molecular weight is 453 g/mol. The van der Waals surface area contributed by atoms with Crippen LogP contribution in [0.5, 0.6) is 11.5 Å². The molecule has 0 aromatic heterocycles. The van der Waals surface area contributed by atoms with Gasteiger partial charge in [0.25, 0.3) is 11.8 Å². The first kappa shape index (κ1) is 20.8. The molecular formula is C23H17ClN2O4S. The van der Waals surface area contributed by atoms with Crippen LogP contribution >= 0.6 is 23.8 Å². The van der Waals surface area contributed by atoms with Crippen molar-refractivity contribution >= 4 is 63.3 Å². The van der Waals surface area contributed by atoms with E-state index in [1.807, 2.05) is 30.3 Å². The standard InChI is InChI=1S/C23H17ClN2O4S/c1-29-19-5-3-4-13-12-20(30-2)14(10-17(13)19)11-18-21(27)25-23(31)26(22(18)28)16-8-6-15(24)7-9-16/h3-12H,1-2H3,(H,25,27,31)/b18-11-. The number of rotatable bonds is 4.